The SMILES string of the molecule is CC(C)Oc1ccc(CC[NH2+]c2ccc([N+](=O)[O-])cc2C(C/C=C/C=C2/N(CCc3ccc(OC(C)C)cc3)c3ccc([N+](=O)[O-])cc3C2(C)C)(Cc2ccccc2)Cc2ccccc2)cc1. The van der Waals surface area contributed by atoms with E-state index < -0.39 is 10.8 Å². The Morgan fingerprint density at radius 1 is 0.657 bits per heavy atom. The molecule has 0 atom stereocenters. The highest BCUT2D eigenvalue weighted by atomic mass is 16.6. The van der Waals surface area contributed by atoms with Crippen molar-refractivity contribution in [3.63, 3.8) is 0 Å². The van der Waals surface area contributed by atoms with Gasteiger partial charge in [0.2, 0.25) is 0 Å². The summed E-state index contributed by atoms with van der Waals surface area (Å²) in [4.78, 5) is 26.3. The molecule has 0 aliphatic carbocycles. The van der Waals surface area contributed by atoms with E-state index >= 15 is 0 Å². The molecular formula is C57H63N4O6+. The number of allylic oxidation sites excluding steroid dienone is 4. The summed E-state index contributed by atoms with van der Waals surface area (Å²) in [6, 6.07) is 47.7. The molecule has 1 aliphatic heterocycles. The minimum atomic E-state index is -0.606. The standard InChI is InChI=1S/C57H62N4O6/c1-41(2)66-49-26-20-43(21-27-49)32-35-58-53-30-24-47(60(62)63)37-51(53)57(39-45-15-9-7-10-16-45,40-46-17-11-8-12-18-46)34-14-13-19-55-56(5,6)52-38-48(61(64)65)25-31-54(52)59(55)36-33-44-22-28-50(29-23-44)67-42(3)4/h7-31,37-38,41-42,58H,32-36,39-40H2,1-6H3/p+1/b14-13+,55-19+. The fourth-order valence-electron chi connectivity index (χ4n) is 9.40. The van der Waals surface area contributed by atoms with Crippen LogP contribution in [-0.2, 0) is 36.5 Å². The Bertz CT molecular complexity index is 2630. The van der Waals surface area contributed by atoms with E-state index in [4.69, 9.17) is 9.47 Å². The molecule has 10 heteroatoms. The van der Waals surface area contributed by atoms with E-state index in [-0.39, 0.29) is 33.4 Å². The molecule has 6 aromatic carbocycles. The lowest BCUT2D eigenvalue weighted by atomic mass is 9.68. The topological polar surface area (TPSA) is 125 Å². The highest BCUT2D eigenvalue weighted by Gasteiger charge is 2.41. The Kier molecular flexibility index (Phi) is 15.4. The van der Waals surface area contributed by atoms with Gasteiger partial charge in [-0.1, -0.05) is 111 Å². The van der Waals surface area contributed by atoms with Crippen LogP contribution in [0.2, 0.25) is 0 Å². The molecule has 0 radical (unpaired) electrons. The average molecular weight is 900 g/mol. The van der Waals surface area contributed by atoms with Gasteiger partial charge in [-0.25, -0.2) is 0 Å². The van der Waals surface area contributed by atoms with E-state index in [2.05, 4.69) is 90.8 Å². The first-order valence-corrected chi connectivity index (χ1v) is 23.4. The lowest BCUT2D eigenvalue weighted by molar-refractivity contribution is -0.571. The summed E-state index contributed by atoms with van der Waals surface area (Å²) < 4.78 is 11.8. The number of hydrogen-bond donors (Lipinski definition) is 1. The predicted molar refractivity (Wildman–Crippen MR) is 269 cm³/mol. The Morgan fingerprint density at radius 3 is 1.72 bits per heavy atom. The molecule has 346 valence electrons. The second kappa shape index (κ2) is 21.5. The summed E-state index contributed by atoms with van der Waals surface area (Å²) in [5.74, 6) is 1.67. The van der Waals surface area contributed by atoms with Crippen LogP contribution in [0.25, 0.3) is 0 Å². The maximum atomic E-state index is 12.6. The summed E-state index contributed by atoms with van der Waals surface area (Å²) in [6.07, 6.45) is 10.0. The summed E-state index contributed by atoms with van der Waals surface area (Å²) in [6.45, 7) is 13.7. The van der Waals surface area contributed by atoms with E-state index in [0.717, 1.165) is 75.8 Å². The molecule has 0 amide bonds. The van der Waals surface area contributed by atoms with Crippen molar-refractivity contribution in [2.24, 2.45) is 0 Å². The van der Waals surface area contributed by atoms with Crippen molar-refractivity contribution in [2.75, 3.05) is 18.0 Å². The highest BCUT2D eigenvalue weighted by Crippen LogP contribution is 2.49. The molecule has 6 aromatic rings. The van der Waals surface area contributed by atoms with Crippen LogP contribution in [0.1, 0.15) is 81.3 Å². The number of nitro benzene ring substituents is 2. The van der Waals surface area contributed by atoms with Gasteiger partial charge in [-0.15, -0.1) is 0 Å². The zero-order chi connectivity index (χ0) is 47.6. The van der Waals surface area contributed by atoms with Crippen molar-refractivity contribution in [1.29, 1.82) is 0 Å². The number of non-ortho nitro benzene ring substituents is 2. The lowest BCUT2D eigenvalue weighted by Crippen LogP contribution is -2.79. The number of quaternary nitrogens is 1. The van der Waals surface area contributed by atoms with Gasteiger partial charge in [0, 0.05) is 71.1 Å². The number of rotatable bonds is 21. The number of nitrogens with zero attached hydrogens (tertiary/aromatic N) is 3. The minimum Gasteiger partial charge on any atom is -0.491 e. The summed E-state index contributed by atoms with van der Waals surface area (Å²) >= 11 is 0. The smallest absolute Gasteiger partial charge is 0.270 e. The van der Waals surface area contributed by atoms with Gasteiger partial charge in [-0.05, 0) is 118 Å². The molecule has 2 N–H and O–H groups in total. The molecule has 0 saturated carbocycles. The van der Waals surface area contributed by atoms with E-state index in [1.807, 2.05) is 100 Å². The molecular weight excluding hydrogens is 837 g/mol. The predicted octanol–water partition coefficient (Wildman–Crippen LogP) is 12.1. The van der Waals surface area contributed by atoms with Gasteiger partial charge in [-0.2, -0.15) is 0 Å². The van der Waals surface area contributed by atoms with Crippen LogP contribution in [0, 0.1) is 20.2 Å². The molecule has 0 spiro atoms. The number of hydrogen-bond acceptors (Lipinski definition) is 7. The van der Waals surface area contributed by atoms with Crippen LogP contribution >= 0.6 is 0 Å². The van der Waals surface area contributed by atoms with Gasteiger partial charge in [0.05, 0.1) is 28.6 Å². The monoisotopic (exact) mass is 899 g/mol. The Morgan fingerprint density at radius 2 is 1.18 bits per heavy atom. The van der Waals surface area contributed by atoms with Crippen LogP contribution in [-0.4, -0.2) is 35.1 Å². The van der Waals surface area contributed by atoms with Crippen LogP contribution in [0.3, 0.4) is 0 Å². The first-order chi connectivity index (χ1) is 32.2. The zero-order valence-electron chi connectivity index (χ0n) is 39.6. The van der Waals surface area contributed by atoms with Crippen LogP contribution in [0.5, 0.6) is 11.5 Å². The number of nitrogens with two attached hydrogens (primary N) is 1. The highest BCUT2D eigenvalue weighted by molar-refractivity contribution is 5.73. The fraction of sp³-hybridized carbons (Fsp3) is 0.298. The van der Waals surface area contributed by atoms with Crippen LogP contribution < -0.4 is 19.7 Å². The first-order valence-electron chi connectivity index (χ1n) is 23.4. The number of anilines is 1. The quantitative estimate of drug-likeness (QED) is 0.0433. The average Bonchev–Trinajstić information content (AvgIpc) is 3.52. The summed E-state index contributed by atoms with van der Waals surface area (Å²) in [5, 5.41) is 26.8. The molecule has 0 unspecified atom stereocenters. The summed E-state index contributed by atoms with van der Waals surface area (Å²) in [7, 11) is 0. The molecule has 1 aliphatic rings. The first kappa shape index (κ1) is 47.9. The fourth-order valence-corrected chi connectivity index (χ4v) is 9.40. The van der Waals surface area contributed by atoms with Crippen molar-refractivity contribution >= 4 is 22.7 Å². The number of benzene rings is 6. The third kappa shape index (κ3) is 12.1. The molecule has 1 heterocycles. The van der Waals surface area contributed by atoms with Crippen molar-refractivity contribution in [3.8, 4) is 11.5 Å². The molecule has 0 saturated heterocycles. The van der Waals surface area contributed by atoms with Crippen molar-refractivity contribution in [1.82, 2.24) is 0 Å². The van der Waals surface area contributed by atoms with Gasteiger partial charge in [-0.3, -0.25) is 20.2 Å². The van der Waals surface area contributed by atoms with Gasteiger partial charge in [0.15, 0.2) is 0 Å². The third-order valence-corrected chi connectivity index (χ3v) is 12.6. The second-order valence-electron chi connectivity index (χ2n) is 18.7. The number of nitro groups is 2. The van der Waals surface area contributed by atoms with E-state index in [1.54, 1.807) is 24.3 Å². The Labute approximate surface area is 395 Å². The maximum absolute atomic E-state index is 12.6. The maximum Gasteiger partial charge on any atom is 0.270 e. The molecule has 67 heavy (non-hydrogen) atoms. The van der Waals surface area contributed by atoms with E-state index in [9.17, 15) is 20.2 Å². The Balaban J connectivity index is 1.27. The molecule has 7 rings (SSSR count). The third-order valence-electron chi connectivity index (χ3n) is 12.6. The minimum absolute atomic E-state index is 0.0572. The van der Waals surface area contributed by atoms with Gasteiger partial charge in [0.25, 0.3) is 11.4 Å². The molecule has 10 nitrogen and oxygen atoms in total. The second-order valence-corrected chi connectivity index (χ2v) is 18.7. The van der Waals surface area contributed by atoms with Crippen molar-refractivity contribution < 1.29 is 24.6 Å². The van der Waals surface area contributed by atoms with Crippen LogP contribution in [0.4, 0.5) is 22.7 Å². The van der Waals surface area contributed by atoms with Gasteiger partial charge < -0.3 is 19.7 Å². The van der Waals surface area contributed by atoms with E-state index in [1.165, 1.54) is 5.56 Å². The molecule has 0 fully saturated rings. The van der Waals surface area contributed by atoms with E-state index in [0.29, 0.717) is 25.8 Å². The number of fused-ring (bicyclic) bond motifs is 1. The largest absolute Gasteiger partial charge is 0.491 e. The van der Waals surface area contributed by atoms with Gasteiger partial charge >= 0.3 is 0 Å². The summed E-state index contributed by atoms with van der Waals surface area (Å²) in [5.41, 5.74) is 8.38. The van der Waals surface area contributed by atoms with Crippen LogP contribution in [0.15, 0.2) is 170 Å². The number of ether oxygens (including phenoxy) is 2. The molecule has 0 aromatic heterocycles. The lowest BCUT2D eigenvalue weighted by Gasteiger charge is -2.35. The van der Waals surface area contributed by atoms with Gasteiger partial charge in [0.1, 0.15) is 17.2 Å². The molecule has 0 bridgehead atoms. The zero-order valence-corrected chi connectivity index (χ0v) is 39.6. The Hall–Kier alpha value is -7.04. The van der Waals surface area contributed by atoms with Crippen molar-refractivity contribution in [2.45, 2.75) is 96.7 Å². The normalized spacial score (nSPS) is 14.0. The van der Waals surface area contributed by atoms with Crippen molar-refractivity contribution in [3.05, 3.63) is 223 Å².